The predicted molar refractivity (Wildman–Crippen MR) is 56.0 cm³/mol. The SMILES string of the molecule is CCCC(C(=O)O)(C(=O)O)C(C)C.[CaH2]. The molecule has 0 fully saturated rings. The van der Waals surface area contributed by atoms with E-state index in [-0.39, 0.29) is 44.2 Å². The Morgan fingerprint density at radius 2 is 1.57 bits per heavy atom. The molecular weight excluding hydrogens is 212 g/mol. The molecule has 0 aromatic rings. The monoisotopic (exact) mass is 230 g/mol. The number of aliphatic carboxylic acids is 2. The molecule has 0 amide bonds. The van der Waals surface area contributed by atoms with Gasteiger partial charge < -0.3 is 10.2 Å². The van der Waals surface area contributed by atoms with E-state index >= 15 is 0 Å². The van der Waals surface area contributed by atoms with Crippen LogP contribution in [0.3, 0.4) is 0 Å². The van der Waals surface area contributed by atoms with Crippen LogP contribution >= 0.6 is 0 Å². The molecule has 0 rings (SSSR count). The third kappa shape index (κ3) is 3.11. The maximum absolute atomic E-state index is 10.9. The van der Waals surface area contributed by atoms with Gasteiger partial charge in [-0.1, -0.05) is 27.2 Å². The molecule has 0 unspecified atom stereocenters. The van der Waals surface area contributed by atoms with Gasteiger partial charge in [-0.15, -0.1) is 0 Å². The van der Waals surface area contributed by atoms with Gasteiger partial charge in [0.2, 0.25) is 0 Å². The van der Waals surface area contributed by atoms with Gasteiger partial charge in [-0.05, 0) is 12.3 Å². The second-order valence-electron chi connectivity index (χ2n) is 3.49. The first-order valence-corrected chi connectivity index (χ1v) is 4.36. The molecule has 0 spiro atoms. The Labute approximate surface area is 114 Å². The zero-order chi connectivity index (χ0) is 10.6. The molecule has 0 atom stereocenters. The van der Waals surface area contributed by atoms with Crippen molar-refractivity contribution < 1.29 is 19.8 Å². The third-order valence-corrected chi connectivity index (χ3v) is 2.39. The van der Waals surface area contributed by atoms with Crippen molar-refractivity contribution in [3.63, 3.8) is 0 Å². The zero-order valence-electron chi connectivity index (χ0n) is 8.20. The fourth-order valence-corrected chi connectivity index (χ4v) is 1.48. The van der Waals surface area contributed by atoms with Crippen LogP contribution in [-0.4, -0.2) is 59.9 Å². The Hall–Kier alpha value is 0.200. The molecule has 5 heteroatoms. The van der Waals surface area contributed by atoms with Crippen LogP contribution in [0.2, 0.25) is 0 Å². The van der Waals surface area contributed by atoms with E-state index in [0.717, 1.165) is 0 Å². The number of carbonyl (C=O) groups is 2. The fourth-order valence-electron chi connectivity index (χ4n) is 1.48. The van der Waals surface area contributed by atoms with E-state index in [1.165, 1.54) is 0 Å². The van der Waals surface area contributed by atoms with Crippen LogP contribution in [0, 0.1) is 11.3 Å². The summed E-state index contributed by atoms with van der Waals surface area (Å²) < 4.78 is 0. The van der Waals surface area contributed by atoms with Crippen LogP contribution in [-0.2, 0) is 9.59 Å². The van der Waals surface area contributed by atoms with Crippen molar-refractivity contribution in [1.29, 1.82) is 0 Å². The van der Waals surface area contributed by atoms with Crippen molar-refractivity contribution in [1.82, 2.24) is 0 Å². The molecule has 0 aromatic carbocycles. The van der Waals surface area contributed by atoms with Gasteiger partial charge in [0.15, 0.2) is 5.41 Å². The third-order valence-electron chi connectivity index (χ3n) is 2.39. The topological polar surface area (TPSA) is 74.6 Å². The van der Waals surface area contributed by atoms with E-state index in [9.17, 15) is 9.59 Å². The summed E-state index contributed by atoms with van der Waals surface area (Å²) in [4.78, 5) is 21.8. The number of hydrogen-bond donors (Lipinski definition) is 2. The Bertz CT molecular complexity index is 199. The summed E-state index contributed by atoms with van der Waals surface area (Å²) in [5.41, 5.74) is -1.62. The summed E-state index contributed by atoms with van der Waals surface area (Å²) in [6.07, 6.45) is 0.728. The molecule has 0 saturated carbocycles. The van der Waals surface area contributed by atoms with Gasteiger partial charge >= 0.3 is 49.7 Å². The Kier molecular flexibility index (Phi) is 7.89. The molecule has 0 heterocycles. The molecule has 80 valence electrons. The molecule has 0 radical (unpaired) electrons. The standard InChI is InChI=1S/C9H16O4.Ca.2H/c1-4-5-9(6(2)3,7(10)11)8(12)13;;;/h6H,4-5H2,1-3H3,(H,10,11)(H,12,13);;;. The van der Waals surface area contributed by atoms with Gasteiger partial charge in [-0.3, -0.25) is 9.59 Å². The second kappa shape index (κ2) is 6.64. The average molecular weight is 230 g/mol. The molecule has 2 N–H and O–H groups in total. The number of hydrogen-bond acceptors (Lipinski definition) is 2. The van der Waals surface area contributed by atoms with Crippen molar-refractivity contribution in [2.75, 3.05) is 0 Å². The average Bonchev–Trinajstić information content (AvgIpc) is 1.97. The van der Waals surface area contributed by atoms with E-state index in [4.69, 9.17) is 10.2 Å². The van der Waals surface area contributed by atoms with Crippen molar-refractivity contribution in [3.8, 4) is 0 Å². The van der Waals surface area contributed by atoms with Crippen molar-refractivity contribution in [3.05, 3.63) is 0 Å². The summed E-state index contributed by atoms with van der Waals surface area (Å²) in [6.45, 7) is 5.03. The molecule has 4 nitrogen and oxygen atoms in total. The quantitative estimate of drug-likeness (QED) is 0.538. The number of carboxylic acids is 2. The summed E-state index contributed by atoms with van der Waals surface area (Å²) in [5.74, 6) is -2.88. The molecule has 0 bridgehead atoms. The van der Waals surface area contributed by atoms with E-state index < -0.39 is 23.3 Å². The first-order valence-electron chi connectivity index (χ1n) is 4.36. The van der Waals surface area contributed by atoms with Crippen LogP contribution in [0.15, 0.2) is 0 Å². The predicted octanol–water partition coefficient (Wildman–Crippen LogP) is 0.682. The Balaban J connectivity index is 0. The molecule has 14 heavy (non-hydrogen) atoms. The molecule has 0 saturated heterocycles. The van der Waals surface area contributed by atoms with Gasteiger partial charge in [0, 0.05) is 0 Å². The van der Waals surface area contributed by atoms with Gasteiger partial charge in [-0.2, -0.15) is 0 Å². The first-order chi connectivity index (χ1) is 5.89. The van der Waals surface area contributed by atoms with E-state index in [1.807, 2.05) is 0 Å². The molecule has 0 aliphatic rings. The van der Waals surface area contributed by atoms with Gasteiger partial charge in [-0.25, -0.2) is 0 Å². The van der Waals surface area contributed by atoms with Gasteiger partial charge in [0.1, 0.15) is 0 Å². The zero-order valence-corrected chi connectivity index (χ0v) is 8.20. The van der Waals surface area contributed by atoms with Crippen molar-refractivity contribution >= 4 is 49.7 Å². The van der Waals surface area contributed by atoms with Gasteiger partial charge in [0.25, 0.3) is 0 Å². The number of rotatable bonds is 5. The maximum atomic E-state index is 10.9. The minimum atomic E-state index is -1.62. The van der Waals surface area contributed by atoms with Crippen LogP contribution in [0.4, 0.5) is 0 Å². The normalized spacial score (nSPS) is 10.9. The number of carboxylic acid groups (broad SMARTS) is 2. The Morgan fingerprint density at radius 3 is 1.64 bits per heavy atom. The molecule has 0 aliphatic carbocycles. The minimum absolute atomic E-state index is 0. The first kappa shape index (κ1) is 16.6. The van der Waals surface area contributed by atoms with E-state index in [2.05, 4.69) is 0 Å². The van der Waals surface area contributed by atoms with Crippen LogP contribution < -0.4 is 0 Å². The summed E-state index contributed by atoms with van der Waals surface area (Å²) >= 11 is 0. The van der Waals surface area contributed by atoms with Crippen LogP contribution in [0.5, 0.6) is 0 Å². The molecule has 0 aromatic heterocycles. The second-order valence-corrected chi connectivity index (χ2v) is 3.49. The fraction of sp³-hybridized carbons (Fsp3) is 0.778. The van der Waals surface area contributed by atoms with Crippen LogP contribution in [0.1, 0.15) is 33.6 Å². The van der Waals surface area contributed by atoms with Crippen LogP contribution in [0.25, 0.3) is 0 Å². The van der Waals surface area contributed by atoms with Crippen molar-refractivity contribution in [2.45, 2.75) is 33.6 Å². The van der Waals surface area contributed by atoms with Crippen molar-refractivity contribution in [2.24, 2.45) is 11.3 Å². The summed E-state index contributed by atoms with van der Waals surface area (Å²) in [6, 6.07) is 0. The van der Waals surface area contributed by atoms with E-state index in [0.29, 0.717) is 6.42 Å². The summed E-state index contributed by atoms with van der Waals surface area (Å²) in [5, 5.41) is 17.8. The van der Waals surface area contributed by atoms with Gasteiger partial charge in [0.05, 0.1) is 0 Å². The molecule has 0 aliphatic heterocycles. The van der Waals surface area contributed by atoms with E-state index in [1.54, 1.807) is 20.8 Å². The Morgan fingerprint density at radius 1 is 1.21 bits per heavy atom. The molecular formula is C9H18CaO4. The summed E-state index contributed by atoms with van der Waals surface area (Å²) in [7, 11) is 0.